The number of amides is 1. The van der Waals surface area contributed by atoms with Crippen molar-refractivity contribution in [3.63, 3.8) is 0 Å². The molecule has 33 heavy (non-hydrogen) atoms. The molecule has 0 spiro atoms. The number of thioether (sulfide) groups is 1. The molecule has 0 unspecified atom stereocenters. The Labute approximate surface area is 195 Å². The molecule has 4 aliphatic rings. The van der Waals surface area contributed by atoms with Crippen LogP contribution in [0, 0.1) is 23.6 Å². The number of hydrogen-bond acceptors (Lipinski definition) is 4. The van der Waals surface area contributed by atoms with E-state index >= 15 is 0 Å². The maximum absolute atomic E-state index is 14.6. The van der Waals surface area contributed by atoms with Gasteiger partial charge in [-0.25, -0.2) is 9.37 Å². The number of carbonyl (C=O) groups excluding carboxylic acids is 1. The minimum absolute atomic E-state index is 0.0376. The van der Waals surface area contributed by atoms with Gasteiger partial charge in [0.15, 0.2) is 5.16 Å². The van der Waals surface area contributed by atoms with Gasteiger partial charge in [0.2, 0.25) is 5.91 Å². The highest BCUT2D eigenvalue weighted by molar-refractivity contribution is 7.99. The van der Waals surface area contributed by atoms with Gasteiger partial charge in [0.25, 0.3) is 5.56 Å². The van der Waals surface area contributed by atoms with E-state index < -0.39 is 5.82 Å². The minimum atomic E-state index is -0.503. The molecule has 170 valence electrons. The normalized spacial score (nSPS) is 27.7. The molecular weight excluding hydrogens is 437 g/mol. The van der Waals surface area contributed by atoms with Crippen LogP contribution in [0.15, 0.2) is 58.5 Å². The summed E-state index contributed by atoms with van der Waals surface area (Å²) in [5.74, 6) is 1.84. The first-order valence-corrected chi connectivity index (χ1v) is 12.7. The zero-order valence-corrected chi connectivity index (χ0v) is 19.1. The number of para-hydroxylation sites is 2. The molecule has 0 radical (unpaired) electrons. The van der Waals surface area contributed by atoms with E-state index in [-0.39, 0.29) is 28.4 Å². The summed E-state index contributed by atoms with van der Waals surface area (Å²) in [7, 11) is 0. The van der Waals surface area contributed by atoms with E-state index in [2.05, 4.69) is 10.3 Å². The SMILES string of the molecule is O=C(CSc1nc2ccccc2c(=O)n1-c1ccccc1F)NC12CC3CC(CC(C3)C1)C2. The summed E-state index contributed by atoms with van der Waals surface area (Å²) in [5, 5.41) is 4.11. The van der Waals surface area contributed by atoms with Crippen LogP contribution in [0.5, 0.6) is 0 Å². The van der Waals surface area contributed by atoms with Gasteiger partial charge in [-0.2, -0.15) is 0 Å². The van der Waals surface area contributed by atoms with Gasteiger partial charge in [0.1, 0.15) is 5.82 Å². The molecule has 3 aromatic rings. The predicted octanol–water partition coefficient (Wildman–Crippen LogP) is 4.70. The lowest BCUT2D eigenvalue weighted by Crippen LogP contribution is -2.60. The Morgan fingerprint density at radius 2 is 1.67 bits per heavy atom. The van der Waals surface area contributed by atoms with Crippen molar-refractivity contribution in [3.05, 3.63) is 64.7 Å². The Bertz CT molecular complexity index is 1270. The molecule has 0 atom stereocenters. The van der Waals surface area contributed by atoms with E-state index in [9.17, 15) is 14.0 Å². The second kappa shape index (κ2) is 7.97. The number of halogens is 1. The minimum Gasteiger partial charge on any atom is -0.350 e. The van der Waals surface area contributed by atoms with E-state index in [1.807, 2.05) is 6.07 Å². The highest BCUT2D eigenvalue weighted by atomic mass is 32.2. The Morgan fingerprint density at radius 3 is 2.36 bits per heavy atom. The van der Waals surface area contributed by atoms with Gasteiger partial charge in [-0.05, 0) is 80.5 Å². The summed E-state index contributed by atoms with van der Waals surface area (Å²) in [6.45, 7) is 0. The van der Waals surface area contributed by atoms with Gasteiger partial charge in [-0.15, -0.1) is 0 Å². The second-order valence-corrected chi connectivity index (χ2v) is 11.0. The zero-order chi connectivity index (χ0) is 22.6. The summed E-state index contributed by atoms with van der Waals surface area (Å²) in [5.41, 5.74) is 0.285. The van der Waals surface area contributed by atoms with Gasteiger partial charge >= 0.3 is 0 Å². The van der Waals surface area contributed by atoms with Crippen LogP contribution in [0.25, 0.3) is 16.6 Å². The molecule has 4 aliphatic carbocycles. The number of hydrogen-bond donors (Lipinski definition) is 1. The monoisotopic (exact) mass is 463 g/mol. The van der Waals surface area contributed by atoms with Crippen LogP contribution in [0.2, 0.25) is 0 Å². The number of nitrogens with zero attached hydrogens (tertiary/aromatic N) is 2. The number of benzene rings is 2. The molecule has 4 fully saturated rings. The van der Waals surface area contributed by atoms with Crippen LogP contribution in [0.4, 0.5) is 4.39 Å². The number of fused-ring (bicyclic) bond motifs is 1. The van der Waals surface area contributed by atoms with E-state index in [0.717, 1.165) is 37.0 Å². The number of nitrogens with one attached hydrogen (secondary N) is 1. The van der Waals surface area contributed by atoms with Gasteiger partial charge in [0, 0.05) is 5.54 Å². The lowest BCUT2D eigenvalue weighted by Gasteiger charge is -2.56. The van der Waals surface area contributed by atoms with Crippen LogP contribution in [-0.4, -0.2) is 26.8 Å². The van der Waals surface area contributed by atoms with Crippen LogP contribution < -0.4 is 10.9 Å². The average Bonchev–Trinajstić information content (AvgIpc) is 2.77. The first kappa shape index (κ1) is 20.9. The molecule has 5 nitrogen and oxygen atoms in total. The summed E-state index contributed by atoms with van der Waals surface area (Å²) < 4.78 is 15.9. The topological polar surface area (TPSA) is 64.0 Å². The van der Waals surface area contributed by atoms with Gasteiger partial charge in [0.05, 0.1) is 22.3 Å². The van der Waals surface area contributed by atoms with Crippen LogP contribution in [0.3, 0.4) is 0 Å². The molecular formula is C26H26FN3O2S. The Balaban J connectivity index is 1.29. The van der Waals surface area contributed by atoms with E-state index in [4.69, 9.17) is 0 Å². The van der Waals surface area contributed by atoms with Crippen molar-refractivity contribution in [2.24, 2.45) is 17.8 Å². The molecule has 1 heterocycles. The van der Waals surface area contributed by atoms with Crippen LogP contribution in [-0.2, 0) is 4.79 Å². The molecule has 1 N–H and O–H groups in total. The van der Waals surface area contributed by atoms with E-state index in [1.165, 1.54) is 41.7 Å². The largest absolute Gasteiger partial charge is 0.350 e. The van der Waals surface area contributed by atoms with E-state index in [0.29, 0.717) is 16.1 Å². The fraction of sp³-hybridized carbons (Fsp3) is 0.423. The first-order valence-electron chi connectivity index (χ1n) is 11.7. The lowest BCUT2D eigenvalue weighted by molar-refractivity contribution is -0.124. The highest BCUT2D eigenvalue weighted by Crippen LogP contribution is 2.55. The molecule has 0 saturated heterocycles. The molecule has 4 bridgehead atoms. The maximum atomic E-state index is 14.6. The third kappa shape index (κ3) is 3.76. The highest BCUT2D eigenvalue weighted by Gasteiger charge is 2.51. The third-order valence-electron chi connectivity index (χ3n) is 7.61. The molecule has 0 aliphatic heterocycles. The standard InChI is InChI=1S/C26H26FN3O2S/c27-20-6-2-4-8-22(20)30-24(32)19-5-1-3-7-21(19)28-25(30)33-15-23(31)29-26-12-16-9-17(13-26)11-18(10-16)14-26/h1-8,16-18H,9-15H2,(H,29,31). The third-order valence-corrected chi connectivity index (χ3v) is 8.55. The van der Waals surface area contributed by atoms with Crippen LogP contribution in [0.1, 0.15) is 38.5 Å². The first-order chi connectivity index (χ1) is 16.0. The molecule has 1 amide bonds. The molecule has 2 aromatic carbocycles. The summed E-state index contributed by atoms with van der Waals surface area (Å²) in [6.07, 6.45) is 7.22. The molecule has 7 heteroatoms. The maximum Gasteiger partial charge on any atom is 0.266 e. The van der Waals surface area contributed by atoms with Crippen molar-refractivity contribution in [2.75, 3.05) is 5.75 Å². The van der Waals surface area contributed by atoms with Crippen molar-refractivity contribution >= 4 is 28.6 Å². The number of carbonyl (C=O) groups is 1. The number of rotatable bonds is 5. The van der Waals surface area contributed by atoms with Gasteiger partial charge in [-0.3, -0.25) is 14.2 Å². The zero-order valence-electron chi connectivity index (χ0n) is 18.3. The smallest absolute Gasteiger partial charge is 0.266 e. The van der Waals surface area contributed by atoms with E-state index in [1.54, 1.807) is 36.4 Å². The van der Waals surface area contributed by atoms with Crippen molar-refractivity contribution in [1.82, 2.24) is 14.9 Å². The molecule has 1 aromatic heterocycles. The van der Waals surface area contributed by atoms with Crippen molar-refractivity contribution < 1.29 is 9.18 Å². The average molecular weight is 464 g/mol. The Hall–Kier alpha value is -2.67. The fourth-order valence-corrected chi connectivity index (χ4v) is 7.59. The number of aromatic nitrogens is 2. The van der Waals surface area contributed by atoms with Crippen molar-refractivity contribution in [3.8, 4) is 5.69 Å². The van der Waals surface area contributed by atoms with Crippen molar-refractivity contribution in [1.29, 1.82) is 0 Å². The van der Waals surface area contributed by atoms with Gasteiger partial charge in [-0.1, -0.05) is 36.0 Å². The fourth-order valence-electron chi connectivity index (χ4n) is 6.78. The summed E-state index contributed by atoms with van der Waals surface area (Å²) in [4.78, 5) is 31.0. The van der Waals surface area contributed by atoms with Crippen LogP contribution >= 0.6 is 11.8 Å². The summed E-state index contributed by atoms with van der Waals surface area (Å²) in [6, 6.07) is 13.2. The Morgan fingerprint density at radius 1 is 1.03 bits per heavy atom. The lowest BCUT2D eigenvalue weighted by atomic mass is 9.53. The second-order valence-electron chi connectivity index (χ2n) is 10.0. The summed E-state index contributed by atoms with van der Waals surface area (Å²) >= 11 is 1.19. The molecule has 4 saturated carbocycles. The quantitative estimate of drug-likeness (QED) is 0.440. The Kier molecular flexibility index (Phi) is 5.05. The molecule has 7 rings (SSSR count). The predicted molar refractivity (Wildman–Crippen MR) is 127 cm³/mol. The van der Waals surface area contributed by atoms with Gasteiger partial charge < -0.3 is 5.32 Å². The van der Waals surface area contributed by atoms with Crippen molar-refractivity contribution in [2.45, 2.75) is 49.2 Å².